The predicted molar refractivity (Wildman–Crippen MR) is 62.7 cm³/mol. The van der Waals surface area contributed by atoms with E-state index in [1.807, 2.05) is 0 Å². The Kier molecular flexibility index (Phi) is 3.45. The molecule has 86 valence electrons. The molecule has 0 aliphatic rings. The van der Waals surface area contributed by atoms with Crippen LogP contribution in [0.5, 0.6) is 0 Å². The lowest BCUT2D eigenvalue weighted by Crippen LogP contribution is -2.07. The van der Waals surface area contributed by atoms with Crippen molar-refractivity contribution in [2.45, 2.75) is 6.42 Å². The summed E-state index contributed by atoms with van der Waals surface area (Å²) in [7, 11) is 0. The predicted octanol–water partition coefficient (Wildman–Crippen LogP) is 2.64. The molecule has 0 fully saturated rings. The summed E-state index contributed by atoms with van der Waals surface area (Å²) in [5, 5.41) is 12.2. The Morgan fingerprint density at radius 2 is 1.88 bits per heavy atom. The van der Waals surface area contributed by atoms with Crippen LogP contribution in [0.3, 0.4) is 0 Å². The maximum atomic E-state index is 13.5. The molecule has 0 aliphatic heterocycles. The third-order valence-electron chi connectivity index (χ3n) is 2.45. The van der Waals surface area contributed by atoms with Gasteiger partial charge in [0.25, 0.3) is 0 Å². The first-order valence-corrected chi connectivity index (χ1v) is 5.16. The number of nitrogens with zero attached hydrogens (tertiary/aromatic N) is 2. The molecule has 3 nitrogen and oxygen atoms in total. The van der Waals surface area contributed by atoms with E-state index in [0.717, 1.165) is 5.56 Å². The molecule has 0 amide bonds. The van der Waals surface area contributed by atoms with Crippen LogP contribution in [0.4, 0.5) is 4.39 Å². The molecule has 0 atom stereocenters. The number of pyridine rings is 1. The van der Waals surface area contributed by atoms with Crippen LogP contribution in [0.1, 0.15) is 11.1 Å². The molecule has 0 spiro atoms. The number of halogens is 1. The van der Waals surface area contributed by atoms with E-state index in [4.69, 9.17) is 5.21 Å². The lowest BCUT2D eigenvalue weighted by atomic mass is 10.0. The fourth-order valence-electron chi connectivity index (χ4n) is 1.56. The number of benzene rings is 1. The second kappa shape index (κ2) is 5.21. The first kappa shape index (κ1) is 11.3. The molecule has 2 aromatic rings. The molecule has 0 radical (unpaired) electrons. The van der Waals surface area contributed by atoms with Crippen LogP contribution in [0, 0.1) is 5.82 Å². The van der Waals surface area contributed by atoms with Gasteiger partial charge in [-0.2, -0.15) is 0 Å². The highest BCUT2D eigenvalue weighted by Gasteiger charge is 2.08. The maximum Gasteiger partial charge on any atom is 0.126 e. The normalized spacial score (nSPS) is 11.5. The summed E-state index contributed by atoms with van der Waals surface area (Å²) < 4.78 is 13.5. The van der Waals surface area contributed by atoms with Crippen LogP contribution in [0.2, 0.25) is 0 Å². The van der Waals surface area contributed by atoms with Gasteiger partial charge in [0, 0.05) is 24.4 Å². The Morgan fingerprint density at radius 3 is 2.53 bits per heavy atom. The van der Waals surface area contributed by atoms with E-state index in [0.29, 0.717) is 11.3 Å². The molecule has 0 saturated heterocycles. The van der Waals surface area contributed by atoms with Crippen molar-refractivity contribution in [1.82, 2.24) is 4.98 Å². The van der Waals surface area contributed by atoms with Crippen molar-refractivity contribution in [3.8, 4) is 0 Å². The third kappa shape index (κ3) is 2.66. The summed E-state index contributed by atoms with van der Waals surface area (Å²) in [6.45, 7) is 0. The summed E-state index contributed by atoms with van der Waals surface area (Å²) in [6.07, 6.45) is 3.44. The van der Waals surface area contributed by atoms with Gasteiger partial charge in [0.05, 0.1) is 5.71 Å². The van der Waals surface area contributed by atoms with E-state index >= 15 is 0 Å². The van der Waals surface area contributed by atoms with Gasteiger partial charge >= 0.3 is 0 Å². The molecular weight excluding hydrogens is 219 g/mol. The molecule has 17 heavy (non-hydrogen) atoms. The minimum absolute atomic E-state index is 0.243. The maximum absolute atomic E-state index is 13.5. The topological polar surface area (TPSA) is 45.5 Å². The zero-order chi connectivity index (χ0) is 12.1. The Labute approximate surface area is 98.2 Å². The Hall–Kier alpha value is -2.23. The summed E-state index contributed by atoms with van der Waals surface area (Å²) in [6, 6.07) is 9.87. The van der Waals surface area contributed by atoms with Crippen molar-refractivity contribution < 1.29 is 9.60 Å². The second-order valence-electron chi connectivity index (χ2n) is 3.55. The van der Waals surface area contributed by atoms with Gasteiger partial charge in [0.1, 0.15) is 5.82 Å². The lowest BCUT2D eigenvalue weighted by Gasteiger charge is -2.05. The highest BCUT2D eigenvalue weighted by atomic mass is 19.1. The Bertz CT molecular complexity index is 526. The van der Waals surface area contributed by atoms with Gasteiger partial charge in [0.2, 0.25) is 0 Å². The van der Waals surface area contributed by atoms with Gasteiger partial charge in [-0.25, -0.2) is 4.39 Å². The number of aromatic nitrogens is 1. The molecule has 0 saturated carbocycles. The van der Waals surface area contributed by atoms with Gasteiger partial charge in [-0.3, -0.25) is 4.98 Å². The molecule has 1 heterocycles. The summed E-state index contributed by atoms with van der Waals surface area (Å²) in [5.41, 5.74) is 1.64. The highest BCUT2D eigenvalue weighted by molar-refractivity contribution is 6.01. The molecule has 0 bridgehead atoms. The molecule has 0 aliphatic carbocycles. The van der Waals surface area contributed by atoms with Crippen LogP contribution < -0.4 is 0 Å². The fourth-order valence-corrected chi connectivity index (χ4v) is 1.56. The number of rotatable bonds is 3. The first-order valence-electron chi connectivity index (χ1n) is 5.16. The average Bonchev–Trinajstić information content (AvgIpc) is 2.39. The van der Waals surface area contributed by atoms with Crippen molar-refractivity contribution in [3.63, 3.8) is 0 Å². The molecular formula is C13H11FN2O. The third-order valence-corrected chi connectivity index (χ3v) is 2.45. The standard InChI is InChI=1S/C13H11FN2O/c14-12-4-2-1-3-11(12)9-13(16-17)10-5-7-15-8-6-10/h1-8,17H,9H2/b16-13+. The van der Waals surface area contributed by atoms with E-state index in [9.17, 15) is 4.39 Å². The van der Waals surface area contributed by atoms with Crippen LogP contribution in [-0.2, 0) is 6.42 Å². The average molecular weight is 230 g/mol. The van der Waals surface area contributed by atoms with Gasteiger partial charge in [0.15, 0.2) is 0 Å². The van der Waals surface area contributed by atoms with Crippen molar-refractivity contribution in [2.24, 2.45) is 5.16 Å². The number of hydrogen-bond donors (Lipinski definition) is 1. The van der Waals surface area contributed by atoms with E-state index in [1.165, 1.54) is 6.07 Å². The van der Waals surface area contributed by atoms with Crippen molar-refractivity contribution in [1.29, 1.82) is 0 Å². The second-order valence-corrected chi connectivity index (χ2v) is 3.55. The van der Waals surface area contributed by atoms with Gasteiger partial charge < -0.3 is 5.21 Å². The minimum Gasteiger partial charge on any atom is -0.411 e. The zero-order valence-electron chi connectivity index (χ0n) is 9.05. The smallest absolute Gasteiger partial charge is 0.126 e. The number of hydrogen-bond acceptors (Lipinski definition) is 3. The fraction of sp³-hybridized carbons (Fsp3) is 0.0769. The molecule has 2 rings (SSSR count). The molecule has 1 N–H and O–H groups in total. The van der Waals surface area contributed by atoms with E-state index in [-0.39, 0.29) is 12.2 Å². The van der Waals surface area contributed by atoms with E-state index < -0.39 is 0 Å². The van der Waals surface area contributed by atoms with Crippen molar-refractivity contribution in [3.05, 3.63) is 65.7 Å². The van der Waals surface area contributed by atoms with E-state index in [1.54, 1.807) is 42.7 Å². The number of oxime groups is 1. The molecule has 1 aromatic carbocycles. The summed E-state index contributed by atoms with van der Waals surface area (Å²) >= 11 is 0. The highest BCUT2D eigenvalue weighted by Crippen LogP contribution is 2.11. The van der Waals surface area contributed by atoms with Crippen LogP contribution in [0.25, 0.3) is 0 Å². The van der Waals surface area contributed by atoms with Crippen molar-refractivity contribution in [2.75, 3.05) is 0 Å². The monoisotopic (exact) mass is 230 g/mol. The summed E-state index contributed by atoms with van der Waals surface area (Å²) in [4.78, 5) is 3.88. The van der Waals surface area contributed by atoms with Crippen molar-refractivity contribution >= 4 is 5.71 Å². The molecule has 4 heteroatoms. The molecule has 1 aromatic heterocycles. The van der Waals surface area contributed by atoms with Crippen LogP contribution in [0.15, 0.2) is 53.9 Å². The van der Waals surface area contributed by atoms with E-state index in [2.05, 4.69) is 10.1 Å². The Balaban J connectivity index is 2.26. The largest absolute Gasteiger partial charge is 0.411 e. The zero-order valence-corrected chi connectivity index (χ0v) is 9.05. The molecule has 0 unspecified atom stereocenters. The SMILES string of the molecule is O/N=C(\Cc1ccccc1F)c1ccncc1. The summed E-state index contributed by atoms with van der Waals surface area (Å²) in [5.74, 6) is -0.303. The minimum atomic E-state index is -0.303. The lowest BCUT2D eigenvalue weighted by molar-refractivity contribution is 0.318. The Morgan fingerprint density at radius 1 is 1.18 bits per heavy atom. The van der Waals surface area contributed by atoms with Crippen LogP contribution >= 0.6 is 0 Å². The van der Waals surface area contributed by atoms with Gasteiger partial charge in [-0.05, 0) is 23.8 Å². The first-order chi connectivity index (χ1) is 8.31. The quantitative estimate of drug-likeness (QED) is 0.500. The van der Waals surface area contributed by atoms with Gasteiger partial charge in [-0.15, -0.1) is 0 Å². The van der Waals surface area contributed by atoms with Crippen LogP contribution in [-0.4, -0.2) is 15.9 Å². The van der Waals surface area contributed by atoms with Gasteiger partial charge in [-0.1, -0.05) is 23.4 Å².